The first kappa shape index (κ1) is 11.4. The van der Waals surface area contributed by atoms with Gasteiger partial charge in [-0.3, -0.25) is 4.98 Å². The highest BCUT2D eigenvalue weighted by atomic mass is 19.1. The van der Waals surface area contributed by atoms with E-state index in [2.05, 4.69) is 4.98 Å². The smallest absolute Gasteiger partial charge is 0.123 e. The summed E-state index contributed by atoms with van der Waals surface area (Å²) in [6.07, 6.45) is 4.08. The van der Waals surface area contributed by atoms with Crippen molar-refractivity contribution >= 4 is 10.9 Å². The van der Waals surface area contributed by atoms with Gasteiger partial charge in [0.25, 0.3) is 0 Å². The molecule has 19 heavy (non-hydrogen) atoms. The standard InChI is InChI=1S/C16H16FNO/c17-10-1-2-16-14(7-10)11(3-4-18-16)9-5-12-13(6-9)15(12)8-19/h1-4,7,9,12-13,15,19H,5-6,8H2/t9-,12-,13+,15+. The van der Waals surface area contributed by atoms with E-state index in [-0.39, 0.29) is 5.82 Å². The van der Waals surface area contributed by atoms with Gasteiger partial charge in [-0.05, 0) is 66.3 Å². The molecule has 0 bridgehead atoms. The lowest BCUT2D eigenvalue weighted by Crippen LogP contribution is -2.03. The van der Waals surface area contributed by atoms with E-state index < -0.39 is 0 Å². The Morgan fingerprint density at radius 1 is 1.21 bits per heavy atom. The Morgan fingerprint density at radius 3 is 2.74 bits per heavy atom. The molecular weight excluding hydrogens is 241 g/mol. The number of hydrogen-bond donors (Lipinski definition) is 1. The van der Waals surface area contributed by atoms with Gasteiger partial charge in [0.15, 0.2) is 0 Å². The number of hydrogen-bond acceptors (Lipinski definition) is 2. The minimum atomic E-state index is -0.196. The molecule has 0 aliphatic heterocycles. The van der Waals surface area contributed by atoms with Crippen LogP contribution in [-0.4, -0.2) is 16.7 Å². The number of pyridine rings is 1. The third kappa shape index (κ3) is 1.68. The highest BCUT2D eigenvalue weighted by molar-refractivity contribution is 5.82. The molecule has 0 saturated heterocycles. The summed E-state index contributed by atoms with van der Waals surface area (Å²) in [5.41, 5.74) is 2.10. The van der Waals surface area contributed by atoms with Gasteiger partial charge >= 0.3 is 0 Å². The van der Waals surface area contributed by atoms with Crippen molar-refractivity contribution in [2.24, 2.45) is 17.8 Å². The molecule has 1 aromatic heterocycles. The monoisotopic (exact) mass is 257 g/mol. The van der Waals surface area contributed by atoms with Crippen LogP contribution in [-0.2, 0) is 0 Å². The minimum Gasteiger partial charge on any atom is -0.396 e. The Kier molecular flexibility index (Phi) is 2.39. The predicted octanol–water partition coefficient (Wildman–Crippen LogP) is 3.11. The zero-order chi connectivity index (χ0) is 13.0. The fourth-order valence-corrected chi connectivity index (χ4v) is 4.00. The van der Waals surface area contributed by atoms with Crippen LogP contribution < -0.4 is 0 Å². The van der Waals surface area contributed by atoms with Crippen LogP contribution in [0.2, 0.25) is 0 Å². The lowest BCUT2D eigenvalue weighted by Gasteiger charge is -2.16. The number of benzene rings is 1. The maximum absolute atomic E-state index is 13.4. The third-order valence-electron chi connectivity index (χ3n) is 5.01. The molecule has 0 radical (unpaired) electrons. The van der Waals surface area contributed by atoms with Gasteiger partial charge in [-0.1, -0.05) is 0 Å². The zero-order valence-electron chi connectivity index (χ0n) is 10.6. The number of halogens is 1. The van der Waals surface area contributed by atoms with Crippen molar-refractivity contribution in [3.63, 3.8) is 0 Å². The van der Waals surface area contributed by atoms with Crippen LogP contribution in [0.4, 0.5) is 4.39 Å². The van der Waals surface area contributed by atoms with Gasteiger partial charge in [-0.15, -0.1) is 0 Å². The number of aromatic nitrogens is 1. The van der Waals surface area contributed by atoms with Crippen molar-refractivity contribution in [1.29, 1.82) is 0 Å². The van der Waals surface area contributed by atoms with E-state index in [4.69, 9.17) is 0 Å². The summed E-state index contributed by atoms with van der Waals surface area (Å²) in [6, 6.07) is 6.85. The van der Waals surface area contributed by atoms with Gasteiger partial charge in [-0.2, -0.15) is 0 Å². The molecule has 0 spiro atoms. The highest BCUT2D eigenvalue weighted by Crippen LogP contribution is 2.62. The fraction of sp³-hybridized carbons (Fsp3) is 0.438. The average molecular weight is 257 g/mol. The molecular formula is C16H16FNO. The lowest BCUT2D eigenvalue weighted by molar-refractivity contribution is 0.254. The van der Waals surface area contributed by atoms with E-state index in [0.29, 0.717) is 30.3 Å². The van der Waals surface area contributed by atoms with E-state index in [0.717, 1.165) is 23.7 Å². The molecule has 3 heteroatoms. The van der Waals surface area contributed by atoms with Gasteiger partial charge in [0.05, 0.1) is 5.52 Å². The second kappa shape index (κ2) is 4.01. The zero-order valence-corrected chi connectivity index (χ0v) is 10.6. The molecule has 2 fully saturated rings. The van der Waals surface area contributed by atoms with Crippen molar-refractivity contribution in [2.75, 3.05) is 6.61 Å². The Morgan fingerprint density at radius 2 is 2.00 bits per heavy atom. The van der Waals surface area contributed by atoms with Crippen LogP contribution in [0.5, 0.6) is 0 Å². The largest absolute Gasteiger partial charge is 0.396 e. The van der Waals surface area contributed by atoms with E-state index in [1.807, 2.05) is 12.3 Å². The van der Waals surface area contributed by atoms with E-state index in [1.165, 1.54) is 11.6 Å². The number of fused-ring (bicyclic) bond motifs is 2. The molecule has 1 heterocycles. The molecule has 0 unspecified atom stereocenters. The molecule has 2 aliphatic rings. The summed E-state index contributed by atoms with van der Waals surface area (Å²) in [4.78, 5) is 4.31. The molecule has 2 nitrogen and oxygen atoms in total. The van der Waals surface area contributed by atoms with Crippen LogP contribution in [0.15, 0.2) is 30.5 Å². The first-order valence-corrected chi connectivity index (χ1v) is 6.93. The Hall–Kier alpha value is -1.48. The third-order valence-corrected chi connectivity index (χ3v) is 5.01. The molecule has 2 aliphatic carbocycles. The summed E-state index contributed by atoms with van der Waals surface area (Å²) in [5.74, 6) is 2.21. The first-order chi connectivity index (χ1) is 9.28. The minimum absolute atomic E-state index is 0.196. The summed E-state index contributed by atoms with van der Waals surface area (Å²) < 4.78 is 13.4. The first-order valence-electron chi connectivity index (χ1n) is 6.93. The lowest BCUT2D eigenvalue weighted by atomic mass is 9.90. The Labute approximate surface area is 111 Å². The predicted molar refractivity (Wildman–Crippen MR) is 71.2 cm³/mol. The molecule has 4 atom stereocenters. The quantitative estimate of drug-likeness (QED) is 0.896. The van der Waals surface area contributed by atoms with Crippen LogP contribution in [0.3, 0.4) is 0 Å². The highest BCUT2D eigenvalue weighted by Gasteiger charge is 2.55. The van der Waals surface area contributed by atoms with Crippen LogP contribution >= 0.6 is 0 Å². The van der Waals surface area contributed by atoms with Crippen LogP contribution in [0.25, 0.3) is 10.9 Å². The maximum Gasteiger partial charge on any atom is 0.123 e. The Balaban J connectivity index is 1.71. The molecule has 0 amide bonds. The normalized spacial score (nSPS) is 32.5. The van der Waals surface area contributed by atoms with Crippen molar-refractivity contribution in [3.05, 3.63) is 41.8 Å². The maximum atomic E-state index is 13.4. The van der Waals surface area contributed by atoms with Gasteiger partial charge in [0.2, 0.25) is 0 Å². The fourth-order valence-electron chi connectivity index (χ4n) is 4.00. The molecule has 1 N–H and O–H groups in total. The Bertz CT molecular complexity index is 630. The summed E-state index contributed by atoms with van der Waals surface area (Å²) in [7, 11) is 0. The molecule has 2 aromatic rings. The van der Waals surface area contributed by atoms with Crippen molar-refractivity contribution < 1.29 is 9.50 Å². The second-order valence-electron chi connectivity index (χ2n) is 5.90. The van der Waals surface area contributed by atoms with Crippen molar-refractivity contribution in [1.82, 2.24) is 4.98 Å². The average Bonchev–Trinajstić information content (AvgIpc) is 2.90. The molecule has 4 rings (SSSR count). The van der Waals surface area contributed by atoms with Crippen LogP contribution in [0.1, 0.15) is 24.3 Å². The van der Waals surface area contributed by atoms with E-state index >= 15 is 0 Å². The number of aliphatic hydroxyl groups excluding tert-OH is 1. The number of aliphatic hydroxyl groups is 1. The summed E-state index contributed by atoms with van der Waals surface area (Å²) in [6.45, 7) is 0.327. The number of nitrogens with zero attached hydrogens (tertiary/aromatic N) is 1. The van der Waals surface area contributed by atoms with Crippen molar-refractivity contribution in [2.45, 2.75) is 18.8 Å². The van der Waals surface area contributed by atoms with Gasteiger partial charge in [-0.25, -0.2) is 4.39 Å². The van der Waals surface area contributed by atoms with Gasteiger partial charge in [0.1, 0.15) is 5.82 Å². The van der Waals surface area contributed by atoms with Crippen LogP contribution in [0, 0.1) is 23.6 Å². The van der Waals surface area contributed by atoms with E-state index in [9.17, 15) is 9.50 Å². The van der Waals surface area contributed by atoms with E-state index in [1.54, 1.807) is 12.1 Å². The SMILES string of the molecule is OC[C@@H]1[C@H]2C[C@H](c3ccnc4ccc(F)cc34)C[C@@H]12. The van der Waals surface area contributed by atoms with Gasteiger partial charge < -0.3 is 5.11 Å². The summed E-state index contributed by atoms with van der Waals surface area (Å²) in [5, 5.41) is 10.2. The molecule has 98 valence electrons. The topological polar surface area (TPSA) is 33.1 Å². The molecule has 2 saturated carbocycles. The second-order valence-corrected chi connectivity index (χ2v) is 5.90. The van der Waals surface area contributed by atoms with Crippen molar-refractivity contribution in [3.8, 4) is 0 Å². The molecule has 1 aromatic carbocycles. The number of rotatable bonds is 2. The van der Waals surface area contributed by atoms with Gasteiger partial charge in [0, 0.05) is 18.2 Å². The summed E-state index contributed by atoms with van der Waals surface area (Å²) >= 11 is 0.